The molecule has 1 aliphatic heterocycles. The zero-order valence-electron chi connectivity index (χ0n) is 8.13. The summed E-state index contributed by atoms with van der Waals surface area (Å²) in [6, 6.07) is 6.38. The Kier molecular flexibility index (Phi) is 2.65. The number of nitrogens with zero attached hydrogens (tertiary/aromatic N) is 1. The molecule has 0 unspecified atom stereocenters. The Bertz CT molecular complexity index is 314. The lowest BCUT2D eigenvalue weighted by molar-refractivity contribution is 0.205. The van der Waals surface area contributed by atoms with Gasteiger partial charge in [-0.1, -0.05) is 6.07 Å². The summed E-state index contributed by atoms with van der Waals surface area (Å²) in [5.41, 5.74) is 7.70. The van der Waals surface area contributed by atoms with E-state index in [9.17, 15) is 0 Å². The molecule has 0 saturated carbocycles. The van der Waals surface area contributed by atoms with Crippen molar-refractivity contribution in [2.24, 2.45) is 0 Å². The second-order valence-corrected chi connectivity index (χ2v) is 4.62. The van der Waals surface area contributed by atoms with E-state index in [1.807, 2.05) is 18.2 Å². The monoisotopic (exact) mass is 255 g/mol. The molecule has 1 heterocycles. The number of anilines is 2. The van der Waals surface area contributed by atoms with Crippen molar-refractivity contribution in [2.75, 3.05) is 31.2 Å². The fourth-order valence-electron chi connectivity index (χ4n) is 1.69. The van der Waals surface area contributed by atoms with Gasteiger partial charge in [-0.3, -0.25) is 0 Å². The minimum atomic E-state index is 0.529. The van der Waals surface area contributed by atoms with Gasteiger partial charge in [-0.2, -0.15) is 0 Å². The van der Waals surface area contributed by atoms with Gasteiger partial charge in [-0.05, 0) is 35.1 Å². The Morgan fingerprint density at radius 2 is 2.21 bits per heavy atom. The summed E-state index contributed by atoms with van der Waals surface area (Å²) in [4.78, 5) is 2.27. The standard InChI is InChI=1S/C10H14BrN3/c1-14-5-7(6-14)13-10-8(11)3-2-4-9(10)12/h2-4,7,13H,5-6,12H2,1H3. The molecule has 2 rings (SSSR count). The number of hydrogen-bond donors (Lipinski definition) is 2. The zero-order valence-corrected chi connectivity index (χ0v) is 9.71. The first kappa shape index (κ1) is 9.80. The highest BCUT2D eigenvalue weighted by Gasteiger charge is 2.23. The summed E-state index contributed by atoms with van der Waals surface area (Å²) < 4.78 is 1.03. The minimum Gasteiger partial charge on any atom is -0.397 e. The van der Waals surface area contributed by atoms with Gasteiger partial charge in [0.05, 0.1) is 17.4 Å². The van der Waals surface area contributed by atoms with Gasteiger partial charge in [0.1, 0.15) is 0 Å². The summed E-state index contributed by atoms with van der Waals surface area (Å²) >= 11 is 3.49. The molecule has 3 nitrogen and oxygen atoms in total. The van der Waals surface area contributed by atoms with Crippen molar-refractivity contribution in [1.29, 1.82) is 0 Å². The van der Waals surface area contributed by atoms with E-state index in [2.05, 4.69) is 33.2 Å². The highest BCUT2D eigenvalue weighted by Crippen LogP contribution is 2.29. The molecule has 0 spiro atoms. The number of halogens is 1. The van der Waals surface area contributed by atoms with Crippen LogP contribution in [-0.4, -0.2) is 31.1 Å². The van der Waals surface area contributed by atoms with Crippen LogP contribution in [0, 0.1) is 0 Å². The molecule has 76 valence electrons. The lowest BCUT2D eigenvalue weighted by Crippen LogP contribution is -2.52. The van der Waals surface area contributed by atoms with E-state index in [4.69, 9.17) is 5.73 Å². The van der Waals surface area contributed by atoms with Crippen LogP contribution in [0.1, 0.15) is 0 Å². The van der Waals surface area contributed by atoms with Gasteiger partial charge >= 0.3 is 0 Å². The number of likely N-dealkylation sites (tertiary alicyclic amines) is 1. The normalized spacial score (nSPS) is 17.9. The van der Waals surface area contributed by atoms with Crippen LogP contribution < -0.4 is 11.1 Å². The van der Waals surface area contributed by atoms with Gasteiger partial charge in [-0.25, -0.2) is 0 Å². The van der Waals surface area contributed by atoms with Gasteiger partial charge in [0, 0.05) is 17.6 Å². The molecule has 0 aliphatic carbocycles. The van der Waals surface area contributed by atoms with Crippen molar-refractivity contribution in [2.45, 2.75) is 6.04 Å². The molecule has 0 amide bonds. The number of para-hydroxylation sites is 1. The van der Waals surface area contributed by atoms with Crippen LogP contribution in [-0.2, 0) is 0 Å². The highest BCUT2D eigenvalue weighted by molar-refractivity contribution is 9.10. The fraction of sp³-hybridized carbons (Fsp3) is 0.400. The van der Waals surface area contributed by atoms with E-state index in [0.717, 1.165) is 28.9 Å². The Labute approximate surface area is 92.4 Å². The van der Waals surface area contributed by atoms with Crippen LogP contribution in [0.5, 0.6) is 0 Å². The second-order valence-electron chi connectivity index (χ2n) is 3.77. The Hall–Kier alpha value is -0.740. The average Bonchev–Trinajstić information content (AvgIpc) is 2.08. The Morgan fingerprint density at radius 1 is 1.50 bits per heavy atom. The van der Waals surface area contributed by atoms with Crippen molar-refractivity contribution in [1.82, 2.24) is 4.90 Å². The fourth-order valence-corrected chi connectivity index (χ4v) is 2.18. The largest absolute Gasteiger partial charge is 0.397 e. The molecule has 0 atom stereocenters. The van der Waals surface area contributed by atoms with Crippen LogP contribution >= 0.6 is 15.9 Å². The number of nitrogen functional groups attached to an aromatic ring is 1. The molecule has 1 saturated heterocycles. The number of hydrogen-bond acceptors (Lipinski definition) is 3. The molecule has 1 aliphatic rings. The summed E-state index contributed by atoms with van der Waals surface area (Å²) in [5, 5.41) is 3.43. The van der Waals surface area contributed by atoms with Crippen LogP contribution in [0.3, 0.4) is 0 Å². The smallest absolute Gasteiger partial charge is 0.0721 e. The Morgan fingerprint density at radius 3 is 2.79 bits per heavy atom. The predicted octanol–water partition coefficient (Wildman–Crippen LogP) is 1.76. The molecular weight excluding hydrogens is 242 g/mol. The summed E-state index contributed by atoms with van der Waals surface area (Å²) in [6.45, 7) is 2.17. The summed E-state index contributed by atoms with van der Waals surface area (Å²) in [7, 11) is 2.11. The molecule has 4 heteroatoms. The van der Waals surface area contributed by atoms with E-state index in [1.54, 1.807) is 0 Å². The SMILES string of the molecule is CN1CC(Nc2c(N)cccc2Br)C1. The van der Waals surface area contributed by atoms with E-state index in [0.29, 0.717) is 6.04 Å². The van der Waals surface area contributed by atoms with Gasteiger partial charge in [0.2, 0.25) is 0 Å². The first-order chi connectivity index (χ1) is 6.66. The average molecular weight is 256 g/mol. The van der Waals surface area contributed by atoms with Crippen LogP contribution in [0.2, 0.25) is 0 Å². The maximum absolute atomic E-state index is 5.88. The lowest BCUT2D eigenvalue weighted by Gasteiger charge is -2.37. The molecule has 0 bridgehead atoms. The molecule has 1 aromatic carbocycles. The zero-order chi connectivity index (χ0) is 10.1. The van der Waals surface area contributed by atoms with Gasteiger partial charge in [-0.15, -0.1) is 0 Å². The van der Waals surface area contributed by atoms with Crippen LogP contribution in [0.25, 0.3) is 0 Å². The second kappa shape index (κ2) is 3.79. The minimum absolute atomic E-state index is 0.529. The molecule has 1 fully saturated rings. The first-order valence-electron chi connectivity index (χ1n) is 4.66. The molecule has 0 aromatic heterocycles. The quantitative estimate of drug-likeness (QED) is 0.792. The van der Waals surface area contributed by atoms with E-state index in [-0.39, 0.29) is 0 Å². The van der Waals surface area contributed by atoms with Crippen molar-refractivity contribution in [3.63, 3.8) is 0 Å². The summed E-state index contributed by atoms with van der Waals surface area (Å²) in [6.07, 6.45) is 0. The molecule has 0 radical (unpaired) electrons. The molecule has 14 heavy (non-hydrogen) atoms. The van der Waals surface area contributed by atoms with Crippen molar-refractivity contribution < 1.29 is 0 Å². The number of benzene rings is 1. The van der Waals surface area contributed by atoms with Crippen LogP contribution in [0.4, 0.5) is 11.4 Å². The third kappa shape index (κ3) is 1.86. The lowest BCUT2D eigenvalue weighted by atomic mass is 10.1. The van der Waals surface area contributed by atoms with E-state index >= 15 is 0 Å². The highest BCUT2D eigenvalue weighted by atomic mass is 79.9. The molecular formula is C10H14BrN3. The molecule has 1 aromatic rings. The van der Waals surface area contributed by atoms with Gasteiger partial charge < -0.3 is 16.0 Å². The Balaban J connectivity index is 2.09. The molecule has 3 N–H and O–H groups in total. The van der Waals surface area contributed by atoms with Crippen molar-refractivity contribution >= 4 is 27.3 Å². The van der Waals surface area contributed by atoms with Gasteiger partial charge in [0.25, 0.3) is 0 Å². The van der Waals surface area contributed by atoms with Crippen molar-refractivity contribution in [3.8, 4) is 0 Å². The maximum atomic E-state index is 5.88. The van der Waals surface area contributed by atoms with Crippen LogP contribution in [0.15, 0.2) is 22.7 Å². The third-order valence-electron chi connectivity index (χ3n) is 2.46. The number of rotatable bonds is 2. The number of nitrogens with one attached hydrogen (secondary N) is 1. The first-order valence-corrected chi connectivity index (χ1v) is 5.45. The maximum Gasteiger partial charge on any atom is 0.0721 e. The number of likely N-dealkylation sites (N-methyl/N-ethyl adjacent to an activating group) is 1. The number of nitrogens with two attached hydrogens (primary N) is 1. The van der Waals surface area contributed by atoms with Gasteiger partial charge in [0.15, 0.2) is 0 Å². The van der Waals surface area contributed by atoms with E-state index < -0.39 is 0 Å². The van der Waals surface area contributed by atoms with Crippen molar-refractivity contribution in [3.05, 3.63) is 22.7 Å². The predicted molar refractivity (Wildman–Crippen MR) is 63.5 cm³/mol. The van der Waals surface area contributed by atoms with E-state index in [1.165, 1.54) is 0 Å². The summed E-state index contributed by atoms with van der Waals surface area (Å²) in [5.74, 6) is 0. The topological polar surface area (TPSA) is 41.3 Å². The third-order valence-corrected chi connectivity index (χ3v) is 3.12.